The van der Waals surface area contributed by atoms with E-state index in [1.165, 1.54) is 31.2 Å². The highest BCUT2D eigenvalue weighted by molar-refractivity contribution is 5.73. The van der Waals surface area contributed by atoms with Crippen LogP contribution < -0.4 is 10.1 Å². The van der Waals surface area contributed by atoms with Gasteiger partial charge in [0.15, 0.2) is 0 Å². The highest BCUT2D eigenvalue weighted by Gasteiger charge is 2.46. The van der Waals surface area contributed by atoms with E-state index in [0.717, 1.165) is 0 Å². The van der Waals surface area contributed by atoms with E-state index >= 15 is 0 Å². The topological polar surface area (TPSA) is 151 Å². The molecule has 5 atom stereocenters. The zero-order valence-electron chi connectivity index (χ0n) is 12.7. The average molecular weight is 342 g/mol. The molecule has 1 aliphatic heterocycles. The molecule has 0 saturated carbocycles. The Morgan fingerprint density at radius 3 is 2.46 bits per heavy atom. The van der Waals surface area contributed by atoms with Crippen molar-refractivity contribution in [2.24, 2.45) is 0 Å². The van der Waals surface area contributed by atoms with Crippen LogP contribution in [-0.4, -0.2) is 63.4 Å². The lowest BCUT2D eigenvalue weighted by atomic mass is 9.97. The summed E-state index contributed by atoms with van der Waals surface area (Å²) in [5.74, 6) is -0.282. The molecule has 0 aromatic heterocycles. The molecule has 10 nitrogen and oxygen atoms in total. The van der Waals surface area contributed by atoms with Crippen LogP contribution in [0.25, 0.3) is 0 Å². The molecule has 1 aromatic carbocycles. The molecule has 132 valence electrons. The number of rotatable bonds is 5. The summed E-state index contributed by atoms with van der Waals surface area (Å²) in [5, 5.41) is 42.3. The minimum atomic E-state index is -1.43. The van der Waals surface area contributed by atoms with Crippen LogP contribution in [0.2, 0.25) is 0 Å². The molecule has 24 heavy (non-hydrogen) atoms. The zero-order chi connectivity index (χ0) is 17.9. The van der Waals surface area contributed by atoms with Gasteiger partial charge in [-0.1, -0.05) is 0 Å². The number of amides is 1. The monoisotopic (exact) mass is 342 g/mol. The van der Waals surface area contributed by atoms with Crippen molar-refractivity contribution in [1.82, 2.24) is 5.32 Å². The zero-order valence-corrected chi connectivity index (χ0v) is 12.7. The van der Waals surface area contributed by atoms with E-state index in [-0.39, 0.29) is 11.4 Å². The Hall–Kier alpha value is -2.27. The molecular formula is C14H18N2O8. The van der Waals surface area contributed by atoms with E-state index in [2.05, 4.69) is 5.32 Å². The highest BCUT2D eigenvalue weighted by Crippen LogP contribution is 2.25. The van der Waals surface area contributed by atoms with Crippen molar-refractivity contribution in [3.8, 4) is 5.75 Å². The minimum Gasteiger partial charge on any atom is -0.463 e. The molecule has 0 radical (unpaired) electrons. The Labute approximate surface area is 136 Å². The van der Waals surface area contributed by atoms with Crippen molar-refractivity contribution in [3.05, 3.63) is 34.4 Å². The third-order valence-electron chi connectivity index (χ3n) is 3.55. The molecule has 0 aliphatic carbocycles. The summed E-state index contributed by atoms with van der Waals surface area (Å²) in [6.45, 7) is 0.658. The number of nitro groups is 1. The lowest BCUT2D eigenvalue weighted by molar-refractivity contribution is -0.384. The molecule has 1 amide bonds. The van der Waals surface area contributed by atoms with Crippen molar-refractivity contribution >= 4 is 11.6 Å². The fourth-order valence-electron chi connectivity index (χ4n) is 2.35. The molecule has 1 aromatic rings. The van der Waals surface area contributed by atoms with Gasteiger partial charge in [-0.3, -0.25) is 14.9 Å². The first-order valence-corrected chi connectivity index (χ1v) is 7.14. The summed E-state index contributed by atoms with van der Waals surface area (Å²) in [6.07, 6.45) is -5.15. The number of aliphatic hydroxyl groups excluding tert-OH is 3. The Morgan fingerprint density at radius 2 is 1.96 bits per heavy atom. The van der Waals surface area contributed by atoms with Crippen LogP contribution in [-0.2, 0) is 9.53 Å². The summed E-state index contributed by atoms with van der Waals surface area (Å²) in [4.78, 5) is 21.4. The number of non-ortho nitro benzene ring substituents is 1. The average Bonchev–Trinajstić information content (AvgIpc) is 2.54. The van der Waals surface area contributed by atoms with Gasteiger partial charge in [-0.25, -0.2) is 0 Å². The predicted molar refractivity (Wildman–Crippen MR) is 79.1 cm³/mol. The first-order chi connectivity index (χ1) is 11.3. The van der Waals surface area contributed by atoms with Crippen molar-refractivity contribution < 1.29 is 34.5 Å². The molecule has 0 bridgehead atoms. The van der Waals surface area contributed by atoms with Gasteiger partial charge in [-0.05, 0) is 12.1 Å². The summed E-state index contributed by atoms with van der Waals surface area (Å²) < 4.78 is 10.9. The lowest BCUT2D eigenvalue weighted by Crippen LogP contribution is -2.65. The minimum absolute atomic E-state index is 0.131. The number of hydrogen-bond acceptors (Lipinski definition) is 8. The van der Waals surface area contributed by atoms with Crippen LogP contribution >= 0.6 is 0 Å². The first kappa shape index (κ1) is 18.1. The van der Waals surface area contributed by atoms with Crippen molar-refractivity contribution in [2.45, 2.75) is 37.6 Å². The van der Waals surface area contributed by atoms with Gasteiger partial charge in [0.25, 0.3) is 5.69 Å². The molecule has 10 heteroatoms. The number of ether oxygens (including phenoxy) is 2. The molecule has 3 unspecified atom stereocenters. The standard InChI is InChI=1S/C14H18N2O8/c1-7(18)15-11-13(20)12(19)10(6-17)24-14(11)23-9-4-2-8(3-5-9)16(21)22/h2-5,10-14,17,19-20H,6H2,1H3,(H,15,18)/t10?,11?,12-,13?,14+/m0/s1. The van der Waals surface area contributed by atoms with Gasteiger partial charge in [-0.2, -0.15) is 0 Å². The van der Waals surface area contributed by atoms with Gasteiger partial charge in [-0.15, -0.1) is 0 Å². The van der Waals surface area contributed by atoms with Gasteiger partial charge in [0.05, 0.1) is 11.5 Å². The van der Waals surface area contributed by atoms with E-state index in [4.69, 9.17) is 9.47 Å². The number of aliphatic hydroxyl groups is 3. The number of hydrogen-bond donors (Lipinski definition) is 4. The largest absolute Gasteiger partial charge is 0.463 e. The van der Waals surface area contributed by atoms with Crippen molar-refractivity contribution in [1.29, 1.82) is 0 Å². The highest BCUT2D eigenvalue weighted by atomic mass is 16.7. The third-order valence-corrected chi connectivity index (χ3v) is 3.55. The maximum atomic E-state index is 11.3. The second kappa shape index (κ2) is 7.53. The van der Waals surface area contributed by atoms with Gasteiger partial charge in [0, 0.05) is 19.1 Å². The van der Waals surface area contributed by atoms with Gasteiger partial charge in [0.1, 0.15) is 30.1 Å². The number of carbonyl (C=O) groups is 1. The van der Waals surface area contributed by atoms with E-state index in [1.807, 2.05) is 0 Å². The van der Waals surface area contributed by atoms with Crippen LogP contribution in [0.15, 0.2) is 24.3 Å². The van der Waals surface area contributed by atoms with Crippen LogP contribution in [0.3, 0.4) is 0 Å². The van der Waals surface area contributed by atoms with E-state index in [0.29, 0.717) is 0 Å². The smallest absolute Gasteiger partial charge is 0.269 e. The number of carbonyl (C=O) groups excluding carboxylic acids is 1. The van der Waals surface area contributed by atoms with Gasteiger partial charge >= 0.3 is 0 Å². The Bertz CT molecular complexity index is 593. The molecule has 0 spiro atoms. The molecule has 2 rings (SSSR count). The second-order valence-electron chi connectivity index (χ2n) is 5.30. The molecule has 1 saturated heterocycles. The molecule has 1 aliphatic rings. The Balaban J connectivity index is 2.19. The summed E-state index contributed by atoms with van der Waals surface area (Å²) in [7, 11) is 0. The van der Waals surface area contributed by atoms with Crippen molar-refractivity contribution in [3.63, 3.8) is 0 Å². The maximum absolute atomic E-state index is 11.3. The maximum Gasteiger partial charge on any atom is 0.269 e. The van der Waals surface area contributed by atoms with E-state index < -0.39 is 48.1 Å². The number of nitrogens with one attached hydrogen (secondary N) is 1. The normalized spacial score (nSPS) is 29.8. The molecule has 1 heterocycles. The fourth-order valence-corrected chi connectivity index (χ4v) is 2.35. The molecular weight excluding hydrogens is 324 g/mol. The van der Waals surface area contributed by atoms with E-state index in [9.17, 15) is 30.2 Å². The second-order valence-corrected chi connectivity index (χ2v) is 5.30. The van der Waals surface area contributed by atoms with Gasteiger partial charge < -0.3 is 30.1 Å². The van der Waals surface area contributed by atoms with Crippen LogP contribution in [0.1, 0.15) is 6.92 Å². The fraction of sp³-hybridized carbons (Fsp3) is 0.500. The van der Waals surface area contributed by atoms with Crippen LogP contribution in [0.4, 0.5) is 5.69 Å². The molecule has 1 fully saturated rings. The Morgan fingerprint density at radius 1 is 1.33 bits per heavy atom. The summed E-state index contributed by atoms with van der Waals surface area (Å²) in [6, 6.07) is 4.02. The van der Waals surface area contributed by atoms with E-state index in [1.54, 1.807) is 0 Å². The number of benzene rings is 1. The predicted octanol–water partition coefficient (Wildman–Crippen LogP) is -1.08. The van der Waals surface area contributed by atoms with Crippen LogP contribution in [0, 0.1) is 10.1 Å². The van der Waals surface area contributed by atoms with Crippen molar-refractivity contribution in [2.75, 3.05) is 6.61 Å². The van der Waals surface area contributed by atoms with Gasteiger partial charge in [0.2, 0.25) is 12.2 Å². The quantitative estimate of drug-likeness (QED) is 0.389. The third kappa shape index (κ3) is 3.97. The SMILES string of the molecule is CC(=O)NC1C(O)[C@@H](O)C(CO)O[C@H]1Oc1ccc([N+](=O)[O-])cc1. The van der Waals surface area contributed by atoms with Crippen LogP contribution in [0.5, 0.6) is 5.75 Å². The summed E-state index contributed by atoms with van der Waals surface area (Å²) in [5.41, 5.74) is -0.131. The Kier molecular flexibility index (Phi) is 5.67. The lowest BCUT2D eigenvalue weighted by Gasteiger charge is -2.42. The number of nitro benzene ring substituents is 1. The molecule has 4 N–H and O–H groups in total. The first-order valence-electron chi connectivity index (χ1n) is 7.14. The number of nitrogens with zero attached hydrogens (tertiary/aromatic N) is 1. The summed E-state index contributed by atoms with van der Waals surface area (Å²) >= 11 is 0.